The zero-order valence-corrected chi connectivity index (χ0v) is 16.9. The van der Waals surface area contributed by atoms with Crippen LogP contribution < -0.4 is 17.7 Å². The quantitative estimate of drug-likeness (QED) is 0.500. The van der Waals surface area contributed by atoms with E-state index in [1.807, 2.05) is 0 Å². The molecule has 0 atom stereocenters. The van der Waals surface area contributed by atoms with Crippen molar-refractivity contribution < 1.29 is 17.2 Å². The highest BCUT2D eigenvalue weighted by Gasteiger charge is 2.40. The van der Waals surface area contributed by atoms with Crippen LogP contribution in [0.5, 0.6) is 0 Å². The lowest BCUT2D eigenvalue weighted by Gasteiger charge is -2.32. The van der Waals surface area contributed by atoms with Crippen LogP contribution in [0.25, 0.3) is 11.1 Å². The van der Waals surface area contributed by atoms with Crippen molar-refractivity contribution in [1.82, 2.24) is 0 Å². The first kappa shape index (κ1) is 18.7. The molecule has 0 aliphatic carbocycles. The number of nitrogens with one attached hydrogen (secondary N) is 1. The van der Waals surface area contributed by atoms with Crippen molar-refractivity contribution in [2.45, 2.75) is 50.3 Å². The molecule has 0 bridgehead atoms. The molecule has 3 rings (SSSR count). The highest BCUT2D eigenvalue weighted by Crippen LogP contribution is 2.53. The van der Waals surface area contributed by atoms with Gasteiger partial charge in [0.1, 0.15) is 4.88 Å². The number of benzene rings is 1. The van der Waals surface area contributed by atoms with E-state index in [1.165, 1.54) is 39.0 Å². The Morgan fingerprint density at radius 1 is 1.39 bits per heavy atom. The molecule has 2 heterocycles. The highest BCUT2D eigenvalue weighted by atomic mass is 35.5. The molecular weight excluding hydrogens is 366 g/mol. The number of anilines is 1. The van der Waals surface area contributed by atoms with E-state index >= 15 is 0 Å². The lowest BCUT2D eigenvalue weighted by Crippen LogP contribution is -3.00. The summed E-state index contributed by atoms with van der Waals surface area (Å²) in [4.78, 5) is 13.4. The van der Waals surface area contributed by atoms with Gasteiger partial charge in [0.2, 0.25) is 0 Å². The summed E-state index contributed by atoms with van der Waals surface area (Å²) in [6, 6.07) is 6.52. The molecule has 1 aromatic heterocycles. The van der Waals surface area contributed by atoms with E-state index in [1.54, 1.807) is 20.7 Å². The Morgan fingerprint density at radius 3 is 2.83 bits per heavy atom. The summed E-state index contributed by atoms with van der Waals surface area (Å²) in [6.45, 7) is 8.58. The molecule has 124 valence electrons. The van der Waals surface area contributed by atoms with E-state index in [4.69, 9.17) is 0 Å². The van der Waals surface area contributed by atoms with Gasteiger partial charge in [-0.2, -0.15) is 0 Å². The van der Waals surface area contributed by atoms with Gasteiger partial charge in [-0.1, -0.05) is 18.6 Å². The van der Waals surface area contributed by atoms with Crippen LogP contribution in [0.15, 0.2) is 22.4 Å². The van der Waals surface area contributed by atoms with Crippen LogP contribution in [-0.4, -0.2) is 5.12 Å². The normalized spacial score (nSPS) is 14.3. The van der Waals surface area contributed by atoms with Gasteiger partial charge in [-0.15, -0.1) is 0 Å². The maximum atomic E-state index is 12.1. The van der Waals surface area contributed by atoms with Gasteiger partial charge in [-0.05, 0) is 39.3 Å². The molecule has 0 fully saturated rings. The van der Waals surface area contributed by atoms with E-state index < -0.39 is 0 Å². The largest absolute Gasteiger partial charge is 1.00 e. The van der Waals surface area contributed by atoms with Crippen LogP contribution in [0.2, 0.25) is 0 Å². The fourth-order valence-electron chi connectivity index (χ4n) is 2.70. The molecule has 1 aliphatic rings. The van der Waals surface area contributed by atoms with E-state index in [9.17, 15) is 4.79 Å². The summed E-state index contributed by atoms with van der Waals surface area (Å²) in [5, 5.41) is 3.90. The molecule has 1 N–H and O–H groups in total. The number of carbonyl (C=O) groups excluding carboxylic acids is 1. The zero-order chi connectivity index (χ0) is 15.9. The number of hydrogen-bond donors (Lipinski definition) is 1. The number of halogens is 1. The predicted octanol–water partition coefficient (Wildman–Crippen LogP) is 3.15. The molecule has 23 heavy (non-hydrogen) atoms. The molecule has 1 aliphatic heterocycles. The molecule has 6 heteroatoms. The van der Waals surface area contributed by atoms with Crippen molar-refractivity contribution in [3.8, 4) is 11.1 Å². The molecule has 0 unspecified atom stereocenters. The fourth-order valence-corrected chi connectivity index (χ4v) is 7.29. The predicted molar refractivity (Wildman–Crippen MR) is 99.2 cm³/mol. The van der Waals surface area contributed by atoms with Crippen LogP contribution in [0.1, 0.15) is 44.1 Å². The van der Waals surface area contributed by atoms with Crippen LogP contribution in [0.3, 0.4) is 0 Å². The third-order valence-electron chi connectivity index (χ3n) is 3.75. The summed E-state index contributed by atoms with van der Waals surface area (Å²) in [5.41, 5.74) is 4.83. The number of fused-ring (bicyclic) bond motifs is 3. The lowest BCUT2D eigenvalue weighted by molar-refractivity contribution is -0.111. The molecule has 0 spiro atoms. The van der Waals surface area contributed by atoms with Crippen molar-refractivity contribution in [3.63, 3.8) is 0 Å². The molecule has 0 saturated heterocycles. The first-order chi connectivity index (χ1) is 10.4. The number of carbonyl (C=O) groups is 1. The van der Waals surface area contributed by atoms with Crippen LogP contribution >= 0.6 is 32.4 Å². The monoisotopic (exact) mass is 385 g/mol. The minimum absolute atomic E-state index is 0. The Balaban J connectivity index is 0.00000192. The zero-order valence-electron chi connectivity index (χ0n) is 13.7. The summed E-state index contributed by atoms with van der Waals surface area (Å²) < 4.78 is 1.15. The molecule has 2 nitrogen and oxygen atoms in total. The van der Waals surface area contributed by atoms with Crippen molar-refractivity contribution in [2.24, 2.45) is 0 Å². The molecule has 0 radical (unpaired) electrons. The van der Waals surface area contributed by atoms with Gasteiger partial charge in [-0.3, -0.25) is 4.79 Å². The van der Waals surface area contributed by atoms with E-state index in [2.05, 4.69) is 51.2 Å². The Morgan fingerprint density at radius 2 is 2.13 bits per heavy atom. The molecule has 1 aromatic carbocycles. The average molecular weight is 386 g/mol. The van der Waals surface area contributed by atoms with Gasteiger partial charge in [0.05, 0.1) is 11.1 Å². The topological polar surface area (TPSA) is 29.1 Å². The summed E-state index contributed by atoms with van der Waals surface area (Å²) in [7, 11) is 3.53. The summed E-state index contributed by atoms with van der Waals surface area (Å²) in [5.74, 6) is 0. The van der Waals surface area contributed by atoms with Gasteiger partial charge in [-0.25, -0.2) is 0 Å². The van der Waals surface area contributed by atoms with Gasteiger partial charge in [0.15, 0.2) is 15.5 Å². The maximum absolute atomic E-state index is 12.1. The van der Waals surface area contributed by atoms with Gasteiger partial charge in [0.25, 0.3) is 4.21 Å². The number of rotatable bonds is 3. The fraction of sp³-hybridized carbons (Fsp3) is 0.412. The number of thioether (sulfide) groups is 1. The minimum atomic E-state index is -0.0919. The van der Waals surface area contributed by atoms with Crippen LogP contribution in [0.4, 0.5) is 5.69 Å². The first-order valence-corrected chi connectivity index (χ1v) is 10.5. The standard InChI is InChI=1S/C17H20NOS3.ClH/c1-5-6-13(19)20-16-14-11-9-10(2)7-8-12(11)18-17(3,4)15(14)21-22-16;/h7-9,18H,5-6H2,1-4H3;1H/q+1;/p-1. The van der Waals surface area contributed by atoms with Crippen molar-refractivity contribution in [3.05, 3.63) is 28.6 Å². The van der Waals surface area contributed by atoms with Gasteiger partial charge >= 0.3 is 10.3 Å². The Hall–Kier alpha value is -0.620. The summed E-state index contributed by atoms with van der Waals surface area (Å²) in [6.07, 6.45) is 1.55. The lowest BCUT2D eigenvalue weighted by atomic mass is 9.89. The second kappa shape index (κ2) is 7.09. The van der Waals surface area contributed by atoms with E-state index in [-0.39, 0.29) is 23.1 Å². The number of aryl methyl sites for hydroxylation is 1. The van der Waals surface area contributed by atoms with Crippen LogP contribution in [0, 0.1) is 6.92 Å². The van der Waals surface area contributed by atoms with E-state index in [0.29, 0.717) is 6.42 Å². The second-order valence-corrected chi connectivity index (χ2v) is 9.66. The third kappa shape index (κ3) is 3.58. The van der Waals surface area contributed by atoms with Gasteiger partial charge < -0.3 is 17.7 Å². The Labute approximate surface area is 155 Å². The molecule has 0 saturated carbocycles. The second-order valence-electron chi connectivity index (χ2n) is 6.18. The number of hydrogen-bond acceptors (Lipinski definition) is 4. The molecular formula is C17H20ClNOS3. The van der Waals surface area contributed by atoms with E-state index in [0.717, 1.165) is 10.6 Å². The molecule has 2 aromatic rings. The maximum Gasteiger partial charge on any atom is 0.309 e. The average Bonchev–Trinajstić information content (AvgIpc) is 2.85. The first-order valence-electron chi connectivity index (χ1n) is 7.49. The van der Waals surface area contributed by atoms with Crippen molar-refractivity contribution >= 4 is 43.2 Å². The Kier molecular flexibility index (Phi) is 5.77. The third-order valence-corrected chi connectivity index (χ3v) is 7.96. The Bertz CT molecular complexity index is 739. The van der Waals surface area contributed by atoms with Gasteiger partial charge in [0, 0.05) is 29.4 Å². The van der Waals surface area contributed by atoms with Crippen molar-refractivity contribution in [1.29, 1.82) is 0 Å². The minimum Gasteiger partial charge on any atom is -1.00 e. The highest BCUT2D eigenvalue weighted by molar-refractivity contribution is 8.16. The molecule has 0 amide bonds. The van der Waals surface area contributed by atoms with Crippen LogP contribution in [-0.2, 0) is 10.3 Å². The smallest absolute Gasteiger partial charge is 0.309 e. The summed E-state index contributed by atoms with van der Waals surface area (Å²) >= 11 is 1.42. The SMILES string of the molecule is CCCC(=O)Sc1[s+]sc2c1-c1cc(C)ccc1NC2(C)C.[Cl-]. The van der Waals surface area contributed by atoms with Crippen molar-refractivity contribution in [2.75, 3.05) is 5.32 Å².